The van der Waals surface area contributed by atoms with Gasteiger partial charge in [0, 0.05) is 37.5 Å². The molecule has 2 aromatic heterocycles. The van der Waals surface area contributed by atoms with Crippen LogP contribution in [0.4, 0.5) is 0 Å². The van der Waals surface area contributed by atoms with Gasteiger partial charge >= 0.3 is 11.9 Å². The van der Waals surface area contributed by atoms with Gasteiger partial charge < -0.3 is 14.5 Å². The monoisotopic (exact) mass is 410 g/mol. The van der Waals surface area contributed by atoms with E-state index in [1.54, 1.807) is 26.2 Å². The number of aromatic nitrogens is 2. The van der Waals surface area contributed by atoms with Gasteiger partial charge in [-0.05, 0) is 23.3 Å². The molecule has 1 aromatic carbocycles. The lowest BCUT2D eigenvalue weighted by molar-refractivity contribution is -0.240. The van der Waals surface area contributed by atoms with Gasteiger partial charge in [0.05, 0.1) is 0 Å². The molecule has 4 rings (SSSR count). The number of nitrogens with zero attached hydrogens (tertiary/aromatic N) is 1. The maximum Gasteiger partial charge on any atom is 0.324 e. The summed E-state index contributed by atoms with van der Waals surface area (Å²) in [5, 5.41) is 0.854. The van der Waals surface area contributed by atoms with Gasteiger partial charge in [0.2, 0.25) is 0 Å². The number of hydrogen-bond acceptors (Lipinski definition) is 5. The summed E-state index contributed by atoms with van der Waals surface area (Å²) in [6.45, 7) is 11.1. The van der Waals surface area contributed by atoms with Crippen LogP contribution < -0.4 is 0 Å². The van der Waals surface area contributed by atoms with E-state index in [-0.39, 0.29) is 0 Å². The van der Waals surface area contributed by atoms with Crippen molar-refractivity contribution < 1.29 is 19.1 Å². The van der Waals surface area contributed by atoms with Gasteiger partial charge in [-0.25, -0.2) is 4.98 Å². The zero-order valence-corrected chi connectivity index (χ0v) is 18.4. The number of carbonyl (C=O) groups is 2. The number of carbonyl (C=O) groups excluding carboxylic acids is 2. The molecular formula is C24H30N2O4. The number of H-pyrrole nitrogens is 1. The number of fused-ring (bicyclic) bond motifs is 1. The van der Waals surface area contributed by atoms with Crippen LogP contribution in [0.2, 0.25) is 0 Å². The predicted molar refractivity (Wildman–Crippen MR) is 117 cm³/mol. The standard InChI is InChI=1S/C20H18N2O4.2C2H6/c1-20(2)25-18(23)16(19(24)26-20)15(12-7-4-3-5-8-12)14-11-22-17-13(14)9-6-10-21-17;2*1-2/h3-11,15-16H,1-2H3,(H,21,22);2*1-2H3. The lowest BCUT2D eigenvalue weighted by atomic mass is 9.80. The molecule has 1 aliphatic heterocycles. The zero-order chi connectivity index (χ0) is 22.3. The fraction of sp³-hybridized carbons (Fsp3) is 0.375. The first-order valence-electron chi connectivity index (χ1n) is 10.4. The van der Waals surface area contributed by atoms with E-state index >= 15 is 0 Å². The van der Waals surface area contributed by atoms with Crippen LogP contribution in [0.1, 0.15) is 58.6 Å². The summed E-state index contributed by atoms with van der Waals surface area (Å²) in [4.78, 5) is 32.8. The minimum Gasteiger partial charge on any atom is -0.422 e. The van der Waals surface area contributed by atoms with E-state index in [2.05, 4.69) is 9.97 Å². The summed E-state index contributed by atoms with van der Waals surface area (Å²) in [6, 6.07) is 13.1. The topological polar surface area (TPSA) is 81.3 Å². The number of rotatable bonds is 3. The Morgan fingerprint density at radius 1 is 0.933 bits per heavy atom. The number of nitrogens with one attached hydrogen (secondary N) is 1. The number of cyclic esters (lactones) is 2. The summed E-state index contributed by atoms with van der Waals surface area (Å²) in [7, 11) is 0. The molecule has 0 spiro atoms. The molecule has 1 fully saturated rings. The van der Waals surface area contributed by atoms with Crippen molar-refractivity contribution >= 4 is 23.0 Å². The summed E-state index contributed by atoms with van der Waals surface area (Å²) in [5.41, 5.74) is 2.33. The van der Waals surface area contributed by atoms with Crippen LogP contribution in [0.3, 0.4) is 0 Å². The Hall–Kier alpha value is -3.15. The first kappa shape index (κ1) is 23.1. The largest absolute Gasteiger partial charge is 0.422 e. The van der Waals surface area contributed by atoms with E-state index < -0.39 is 29.6 Å². The van der Waals surface area contributed by atoms with Crippen molar-refractivity contribution in [2.45, 2.75) is 53.2 Å². The molecule has 6 nitrogen and oxygen atoms in total. The highest BCUT2D eigenvalue weighted by Gasteiger charge is 2.48. The Morgan fingerprint density at radius 2 is 1.53 bits per heavy atom. The molecule has 1 unspecified atom stereocenters. The summed E-state index contributed by atoms with van der Waals surface area (Å²) < 4.78 is 10.7. The Balaban J connectivity index is 0.000000757. The molecule has 0 amide bonds. The molecule has 0 aliphatic carbocycles. The molecule has 3 heterocycles. The summed E-state index contributed by atoms with van der Waals surface area (Å²) in [6.07, 6.45) is 3.47. The first-order chi connectivity index (χ1) is 14.5. The Bertz CT molecular complexity index is 959. The maximum atomic E-state index is 12.7. The SMILES string of the molecule is CC.CC.CC1(C)OC(=O)C(C(c2ccccc2)c2c[nH]c3ncccc23)C(=O)O1. The number of hydrogen-bond donors (Lipinski definition) is 1. The normalized spacial score (nSPS) is 16.3. The average Bonchev–Trinajstić information content (AvgIpc) is 3.17. The second kappa shape index (κ2) is 10.1. The molecule has 6 heteroatoms. The molecule has 3 aromatic rings. The van der Waals surface area contributed by atoms with E-state index in [0.29, 0.717) is 5.65 Å². The minimum absolute atomic E-state index is 0.537. The molecule has 1 saturated heterocycles. The summed E-state index contributed by atoms with van der Waals surface area (Å²) >= 11 is 0. The lowest BCUT2D eigenvalue weighted by Gasteiger charge is -2.36. The van der Waals surface area contributed by atoms with Gasteiger partial charge in [-0.2, -0.15) is 0 Å². The second-order valence-electron chi connectivity index (χ2n) is 6.75. The highest BCUT2D eigenvalue weighted by atomic mass is 16.7. The van der Waals surface area contributed by atoms with Crippen molar-refractivity contribution in [1.29, 1.82) is 0 Å². The van der Waals surface area contributed by atoms with Gasteiger partial charge in [-0.3, -0.25) is 9.59 Å². The molecule has 0 bridgehead atoms. The third-order valence-electron chi connectivity index (χ3n) is 4.51. The van der Waals surface area contributed by atoms with E-state index in [9.17, 15) is 9.59 Å². The third-order valence-corrected chi connectivity index (χ3v) is 4.51. The van der Waals surface area contributed by atoms with Crippen molar-refractivity contribution in [2.75, 3.05) is 0 Å². The number of aromatic amines is 1. The number of esters is 2. The second-order valence-corrected chi connectivity index (χ2v) is 6.75. The van der Waals surface area contributed by atoms with Gasteiger partial charge in [-0.15, -0.1) is 0 Å². The smallest absolute Gasteiger partial charge is 0.324 e. The third kappa shape index (κ3) is 4.70. The number of benzene rings is 1. The van der Waals surface area contributed by atoms with E-state index in [4.69, 9.17) is 9.47 Å². The molecule has 1 N–H and O–H groups in total. The van der Waals surface area contributed by atoms with Crippen LogP contribution in [-0.2, 0) is 19.1 Å². The van der Waals surface area contributed by atoms with E-state index in [1.807, 2.05) is 70.2 Å². The highest BCUT2D eigenvalue weighted by Crippen LogP contribution is 2.40. The van der Waals surface area contributed by atoms with Crippen LogP contribution in [0, 0.1) is 5.92 Å². The fourth-order valence-electron chi connectivity index (χ4n) is 3.45. The Labute approximate surface area is 177 Å². The van der Waals surface area contributed by atoms with Crippen LogP contribution in [-0.4, -0.2) is 27.7 Å². The van der Waals surface area contributed by atoms with Gasteiger partial charge in [0.1, 0.15) is 5.65 Å². The molecule has 30 heavy (non-hydrogen) atoms. The molecule has 0 saturated carbocycles. The van der Waals surface area contributed by atoms with Crippen LogP contribution in [0.25, 0.3) is 11.0 Å². The highest BCUT2D eigenvalue weighted by molar-refractivity contribution is 5.99. The van der Waals surface area contributed by atoms with Crippen LogP contribution >= 0.6 is 0 Å². The number of pyridine rings is 1. The van der Waals surface area contributed by atoms with Crippen LogP contribution in [0.15, 0.2) is 54.9 Å². The maximum absolute atomic E-state index is 12.7. The van der Waals surface area contributed by atoms with Gasteiger partial charge in [-0.1, -0.05) is 58.0 Å². The van der Waals surface area contributed by atoms with Gasteiger partial charge in [0.25, 0.3) is 5.79 Å². The van der Waals surface area contributed by atoms with E-state index in [0.717, 1.165) is 16.5 Å². The molecule has 0 radical (unpaired) electrons. The average molecular weight is 411 g/mol. The Kier molecular flexibility index (Phi) is 7.75. The first-order valence-corrected chi connectivity index (χ1v) is 10.4. The van der Waals surface area contributed by atoms with E-state index in [1.165, 1.54) is 0 Å². The molecular weight excluding hydrogens is 380 g/mol. The predicted octanol–water partition coefficient (Wildman–Crippen LogP) is 5.20. The Morgan fingerprint density at radius 3 is 2.13 bits per heavy atom. The summed E-state index contributed by atoms with van der Waals surface area (Å²) in [5.74, 6) is -4.04. The lowest BCUT2D eigenvalue weighted by Crippen LogP contribution is -2.48. The molecule has 160 valence electrons. The molecule has 1 atom stereocenters. The van der Waals surface area contributed by atoms with Crippen molar-refractivity contribution in [3.8, 4) is 0 Å². The van der Waals surface area contributed by atoms with Gasteiger partial charge in [0.15, 0.2) is 5.92 Å². The quantitative estimate of drug-likeness (QED) is 0.474. The zero-order valence-electron chi connectivity index (χ0n) is 18.4. The fourth-order valence-corrected chi connectivity index (χ4v) is 3.45. The van der Waals surface area contributed by atoms with Crippen molar-refractivity contribution in [2.24, 2.45) is 5.92 Å². The van der Waals surface area contributed by atoms with Crippen molar-refractivity contribution in [3.05, 3.63) is 66.0 Å². The minimum atomic E-state index is -1.26. The van der Waals surface area contributed by atoms with Crippen LogP contribution in [0.5, 0.6) is 0 Å². The molecule has 1 aliphatic rings. The van der Waals surface area contributed by atoms with Crippen molar-refractivity contribution in [1.82, 2.24) is 9.97 Å². The van der Waals surface area contributed by atoms with Crippen molar-refractivity contribution in [3.63, 3.8) is 0 Å². The number of ether oxygens (including phenoxy) is 2.